The summed E-state index contributed by atoms with van der Waals surface area (Å²) in [5, 5.41) is 6.71. The lowest BCUT2D eigenvalue weighted by Gasteiger charge is -2.28. The lowest BCUT2D eigenvalue weighted by molar-refractivity contribution is -0.135. The molecule has 1 unspecified atom stereocenters. The largest absolute Gasteiger partial charge is 0.389 e. The summed E-state index contributed by atoms with van der Waals surface area (Å²) in [5.74, 6) is 0. The van der Waals surface area contributed by atoms with Crippen LogP contribution < -0.4 is 10.6 Å². The van der Waals surface area contributed by atoms with Gasteiger partial charge >= 0.3 is 6.18 Å². The van der Waals surface area contributed by atoms with E-state index in [9.17, 15) is 13.2 Å². The van der Waals surface area contributed by atoms with E-state index in [-0.39, 0.29) is 6.42 Å². The molecule has 1 atom stereocenters. The molecule has 1 saturated heterocycles. The van der Waals surface area contributed by atoms with Crippen LogP contribution in [0.3, 0.4) is 0 Å². The minimum Gasteiger partial charge on any atom is -0.316 e. The highest BCUT2D eigenvalue weighted by Gasteiger charge is 2.32. The van der Waals surface area contributed by atoms with Gasteiger partial charge in [0.15, 0.2) is 0 Å². The monoisotopic (exact) mass is 266 g/mol. The number of rotatable bonds is 8. The van der Waals surface area contributed by atoms with Gasteiger partial charge in [-0.2, -0.15) is 13.2 Å². The van der Waals surface area contributed by atoms with Crippen molar-refractivity contribution >= 4 is 0 Å². The quantitative estimate of drug-likeness (QED) is 0.660. The van der Waals surface area contributed by atoms with Crippen molar-refractivity contribution in [3.05, 3.63) is 0 Å². The molecular formula is C13H25F3N2. The zero-order valence-electron chi connectivity index (χ0n) is 11.2. The Morgan fingerprint density at radius 2 is 2.06 bits per heavy atom. The lowest BCUT2D eigenvalue weighted by Crippen LogP contribution is -2.36. The summed E-state index contributed by atoms with van der Waals surface area (Å²) in [7, 11) is 0. The van der Waals surface area contributed by atoms with Crippen LogP contribution >= 0.6 is 0 Å². The molecule has 18 heavy (non-hydrogen) atoms. The summed E-state index contributed by atoms with van der Waals surface area (Å²) in [4.78, 5) is 0. The third kappa shape index (κ3) is 6.05. The van der Waals surface area contributed by atoms with Crippen LogP contribution in [0.2, 0.25) is 0 Å². The Bertz CT molecular complexity index is 223. The number of unbranched alkanes of at least 4 members (excludes halogenated alkanes) is 1. The summed E-state index contributed by atoms with van der Waals surface area (Å²) in [6.07, 6.45) is -0.289. The molecule has 2 N–H and O–H groups in total. The number of hydrogen-bond acceptors (Lipinski definition) is 2. The molecule has 1 fully saturated rings. The predicted molar refractivity (Wildman–Crippen MR) is 67.6 cm³/mol. The SMILES string of the molecule is CCCC1(CNCCCCC(F)(F)F)CCNC1. The zero-order chi connectivity index (χ0) is 13.5. The molecule has 2 nitrogen and oxygen atoms in total. The summed E-state index contributed by atoms with van der Waals surface area (Å²) in [5.41, 5.74) is 0.332. The van der Waals surface area contributed by atoms with Crippen molar-refractivity contribution in [3.8, 4) is 0 Å². The van der Waals surface area contributed by atoms with E-state index in [1.807, 2.05) is 0 Å². The van der Waals surface area contributed by atoms with E-state index < -0.39 is 12.6 Å². The molecule has 1 aliphatic heterocycles. The summed E-state index contributed by atoms with van der Waals surface area (Å²) in [6, 6.07) is 0. The van der Waals surface area contributed by atoms with Crippen LogP contribution in [0.15, 0.2) is 0 Å². The van der Waals surface area contributed by atoms with Gasteiger partial charge in [0.25, 0.3) is 0 Å². The second-order valence-electron chi connectivity index (χ2n) is 5.43. The van der Waals surface area contributed by atoms with E-state index in [2.05, 4.69) is 17.6 Å². The highest BCUT2D eigenvalue weighted by Crippen LogP contribution is 2.30. The van der Waals surface area contributed by atoms with Crippen molar-refractivity contribution in [2.75, 3.05) is 26.2 Å². The van der Waals surface area contributed by atoms with Crippen molar-refractivity contribution < 1.29 is 13.2 Å². The normalized spacial score (nSPS) is 24.7. The molecule has 0 spiro atoms. The van der Waals surface area contributed by atoms with E-state index in [1.165, 1.54) is 12.8 Å². The fourth-order valence-corrected chi connectivity index (χ4v) is 2.71. The van der Waals surface area contributed by atoms with Crippen LogP contribution in [0.25, 0.3) is 0 Å². The van der Waals surface area contributed by atoms with Crippen molar-refractivity contribution in [1.82, 2.24) is 10.6 Å². The summed E-state index contributed by atoms with van der Waals surface area (Å²) in [6.45, 7) is 5.91. The first-order valence-electron chi connectivity index (χ1n) is 6.96. The van der Waals surface area contributed by atoms with E-state index in [0.29, 0.717) is 18.4 Å². The highest BCUT2D eigenvalue weighted by atomic mass is 19.4. The topological polar surface area (TPSA) is 24.1 Å². The lowest BCUT2D eigenvalue weighted by atomic mass is 9.82. The molecule has 0 aromatic carbocycles. The molecule has 1 heterocycles. The van der Waals surface area contributed by atoms with Crippen LogP contribution in [0.1, 0.15) is 45.4 Å². The van der Waals surface area contributed by atoms with Crippen LogP contribution in [-0.2, 0) is 0 Å². The maximum atomic E-state index is 11.9. The summed E-state index contributed by atoms with van der Waals surface area (Å²) >= 11 is 0. The molecule has 0 aliphatic carbocycles. The van der Waals surface area contributed by atoms with Crippen LogP contribution in [0.4, 0.5) is 13.2 Å². The fraction of sp³-hybridized carbons (Fsp3) is 1.00. The van der Waals surface area contributed by atoms with Gasteiger partial charge in [0.05, 0.1) is 0 Å². The van der Waals surface area contributed by atoms with Crippen molar-refractivity contribution in [3.63, 3.8) is 0 Å². The molecule has 0 aromatic rings. The van der Waals surface area contributed by atoms with Gasteiger partial charge < -0.3 is 10.6 Å². The van der Waals surface area contributed by atoms with E-state index in [0.717, 1.165) is 26.1 Å². The molecule has 5 heteroatoms. The molecule has 0 saturated carbocycles. The molecule has 1 rings (SSSR count). The smallest absolute Gasteiger partial charge is 0.316 e. The minimum absolute atomic E-state index is 0.232. The van der Waals surface area contributed by atoms with Crippen LogP contribution in [0, 0.1) is 5.41 Å². The molecule has 0 aromatic heterocycles. The third-order valence-electron chi connectivity index (χ3n) is 3.68. The van der Waals surface area contributed by atoms with Gasteiger partial charge in [-0.1, -0.05) is 13.3 Å². The van der Waals surface area contributed by atoms with Crippen molar-refractivity contribution in [2.45, 2.75) is 51.6 Å². The fourth-order valence-electron chi connectivity index (χ4n) is 2.71. The number of alkyl halides is 3. The highest BCUT2D eigenvalue weighted by molar-refractivity contribution is 4.89. The van der Waals surface area contributed by atoms with Crippen LogP contribution in [-0.4, -0.2) is 32.4 Å². The average Bonchev–Trinajstić information content (AvgIpc) is 2.71. The second kappa shape index (κ2) is 7.34. The molecule has 108 valence electrons. The maximum Gasteiger partial charge on any atom is 0.389 e. The molecule has 1 aliphatic rings. The van der Waals surface area contributed by atoms with Crippen LogP contribution in [0.5, 0.6) is 0 Å². The summed E-state index contributed by atoms with van der Waals surface area (Å²) < 4.78 is 35.8. The second-order valence-corrected chi connectivity index (χ2v) is 5.43. The van der Waals surface area contributed by atoms with E-state index in [4.69, 9.17) is 0 Å². The molecular weight excluding hydrogens is 241 g/mol. The predicted octanol–water partition coefficient (Wildman–Crippen LogP) is 3.09. The Balaban J connectivity index is 2.09. The first-order valence-corrected chi connectivity index (χ1v) is 6.96. The van der Waals surface area contributed by atoms with Gasteiger partial charge in [0.2, 0.25) is 0 Å². The van der Waals surface area contributed by atoms with E-state index >= 15 is 0 Å². The van der Waals surface area contributed by atoms with Gasteiger partial charge in [-0.3, -0.25) is 0 Å². The first kappa shape index (κ1) is 15.8. The zero-order valence-corrected chi connectivity index (χ0v) is 11.2. The van der Waals surface area contributed by atoms with E-state index in [1.54, 1.807) is 0 Å². The van der Waals surface area contributed by atoms with Gasteiger partial charge in [0.1, 0.15) is 0 Å². The van der Waals surface area contributed by atoms with Gasteiger partial charge in [-0.25, -0.2) is 0 Å². The number of nitrogens with one attached hydrogen (secondary N) is 2. The Hall–Kier alpha value is -0.290. The minimum atomic E-state index is -4.00. The Morgan fingerprint density at radius 1 is 1.28 bits per heavy atom. The third-order valence-corrected chi connectivity index (χ3v) is 3.68. The maximum absolute atomic E-state index is 11.9. The van der Waals surface area contributed by atoms with Gasteiger partial charge in [-0.05, 0) is 44.2 Å². The Labute approximate surface area is 108 Å². The average molecular weight is 266 g/mol. The molecule has 0 bridgehead atoms. The van der Waals surface area contributed by atoms with Gasteiger partial charge in [-0.15, -0.1) is 0 Å². The number of hydrogen-bond donors (Lipinski definition) is 2. The number of halogens is 3. The standard InChI is InChI=1S/C13H25F3N2/c1-2-5-12(7-9-18-11-12)10-17-8-4-3-6-13(14,15)16/h17-18H,2-11H2,1H3. The molecule has 0 amide bonds. The Morgan fingerprint density at radius 3 is 2.61 bits per heavy atom. The van der Waals surface area contributed by atoms with Gasteiger partial charge in [0, 0.05) is 19.5 Å². The van der Waals surface area contributed by atoms with Crippen molar-refractivity contribution in [1.29, 1.82) is 0 Å². The molecule has 0 radical (unpaired) electrons. The Kier molecular flexibility index (Phi) is 6.43. The van der Waals surface area contributed by atoms with Crippen molar-refractivity contribution in [2.24, 2.45) is 5.41 Å². The first-order chi connectivity index (χ1) is 8.47.